The molecule has 1 aliphatic heterocycles. The molecule has 2 heterocycles. The first kappa shape index (κ1) is 13.3. The Morgan fingerprint density at radius 3 is 2.80 bits per heavy atom. The van der Waals surface area contributed by atoms with Crippen LogP contribution in [0.1, 0.15) is 43.5 Å². The van der Waals surface area contributed by atoms with Crippen molar-refractivity contribution in [1.82, 2.24) is 14.9 Å². The quantitative estimate of drug-likeness (QED) is 0.902. The van der Waals surface area contributed by atoms with Crippen molar-refractivity contribution in [3.05, 3.63) is 48.0 Å². The summed E-state index contributed by atoms with van der Waals surface area (Å²) >= 11 is 0. The fraction of sp³-hybridized carbons (Fsp3) is 0.438. The third-order valence-electron chi connectivity index (χ3n) is 4.04. The van der Waals surface area contributed by atoms with Crippen molar-refractivity contribution >= 4 is 0 Å². The summed E-state index contributed by atoms with van der Waals surface area (Å²) in [5.41, 5.74) is 3.24. The molecule has 1 aliphatic rings. The topological polar surface area (TPSA) is 50.1 Å². The number of imidazole rings is 1. The number of nitrogens with zero attached hydrogens (tertiary/aromatic N) is 2. The predicted octanol–water partition coefficient (Wildman–Crippen LogP) is 2.57. The Bertz CT molecular complexity index is 561. The Morgan fingerprint density at radius 2 is 2.10 bits per heavy atom. The van der Waals surface area contributed by atoms with E-state index in [1.165, 1.54) is 18.5 Å². The second kappa shape index (κ2) is 5.77. The summed E-state index contributed by atoms with van der Waals surface area (Å²) in [6, 6.07) is 8.91. The lowest BCUT2D eigenvalue weighted by molar-refractivity contribution is 0.282. The minimum absolute atomic E-state index is 0.0821. The average Bonchev–Trinajstić information content (AvgIpc) is 2.97. The van der Waals surface area contributed by atoms with Gasteiger partial charge in [-0.05, 0) is 43.9 Å². The highest BCUT2D eigenvalue weighted by atomic mass is 16.3. The highest BCUT2D eigenvalue weighted by Crippen LogP contribution is 2.27. The highest BCUT2D eigenvalue weighted by molar-refractivity contribution is 5.36. The molecule has 106 valence electrons. The summed E-state index contributed by atoms with van der Waals surface area (Å²) in [7, 11) is 0. The van der Waals surface area contributed by atoms with E-state index in [4.69, 9.17) is 5.11 Å². The van der Waals surface area contributed by atoms with E-state index in [9.17, 15) is 0 Å². The van der Waals surface area contributed by atoms with Crippen LogP contribution in [0.3, 0.4) is 0 Å². The Balaban J connectivity index is 1.88. The first-order valence-electron chi connectivity index (χ1n) is 7.26. The second-order valence-corrected chi connectivity index (χ2v) is 5.56. The molecule has 1 aromatic carbocycles. The third-order valence-corrected chi connectivity index (χ3v) is 4.04. The molecule has 0 aliphatic carbocycles. The fourth-order valence-corrected chi connectivity index (χ4v) is 2.91. The van der Waals surface area contributed by atoms with Crippen molar-refractivity contribution < 1.29 is 5.11 Å². The number of hydrogen-bond acceptors (Lipinski definition) is 3. The number of piperidine rings is 1. The zero-order valence-electron chi connectivity index (χ0n) is 11.8. The van der Waals surface area contributed by atoms with Gasteiger partial charge in [0.05, 0.1) is 24.8 Å². The smallest absolute Gasteiger partial charge is 0.0994 e. The maximum absolute atomic E-state index is 9.12. The maximum Gasteiger partial charge on any atom is 0.0994 e. The lowest BCUT2D eigenvalue weighted by Crippen LogP contribution is -2.35. The summed E-state index contributed by atoms with van der Waals surface area (Å²) in [6.07, 6.45) is 7.48. The van der Waals surface area contributed by atoms with E-state index in [1.807, 2.05) is 36.8 Å². The molecule has 1 aromatic heterocycles. The molecule has 2 atom stereocenters. The standard InChI is InChI=1S/C16H21N3O/c1-12-3-2-4-15(18-12)16-9-17-11-19(16)14-7-5-13(10-20)6-8-14/h5-9,11-12,15,18,20H,2-4,10H2,1H3. The van der Waals surface area contributed by atoms with Crippen LogP contribution in [0.15, 0.2) is 36.8 Å². The molecule has 0 bridgehead atoms. The number of hydrogen-bond donors (Lipinski definition) is 2. The van der Waals surface area contributed by atoms with E-state index >= 15 is 0 Å². The first-order chi connectivity index (χ1) is 9.78. The summed E-state index contributed by atoms with van der Waals surface area (Å²) in [5, 5.41) is 12.8. The van der Waals surface area contributed by atoms with Crippen LogP contribution in [0.25, 0.3) is 5.69 Å². The molecule has 4 nitrogen and oxygen atoms in total. The second-order valence-electron chi connectivity index (χ2n) is 5.56. The molecule has 1 fully saturated rings. The Labute approximate surface area is 119 Å². The van der Waals surface area contributed by atoms with Crippen LogP contribution in [-0.2, 0) is 6.61 Å². The van der Waals surface area contributed by atoms with Crippen LogP contribution in [-0.4, -0.2) is 20.7 Å². The van der Waals surface area contributed by atoms with Crippen molar-refractivity contribution in [3.63, 3.8) is 0 Å². The van der Waals surface area contributed by atoms with Crippen LogP contribution < -0.4 is 5.32 Å². The Hall–Kier alpha value is -1.65. The molecular weight excluding hydrogens is 250 g/mol. The zero-order chi connectivity index (χ0) is 13.9. The Morgan fingerprint density at radius 1 is 1.30 bits per heavy atom. The molecule has 1 saturated heterocycles. The summed E-state index contributed by atoms with van der Waals surface area (Å²) in [6.45, 7) is 2.32. The van der Waals surface area contributed by atoms with Crippen LogP contribution >= 0.6 is 0 Å². The van der Waals surface area contributed by atoms with E-state index < -0.39 is 0 Å². The molecule has 0 spiro atoms. The summed E-state index contributed by atoms with van der Waals surface area (Å²) in [5.74, 6) is 0. The van der Waals surface area contributed by atoms with Gasteiger partial charge in [-0.1, -0.05) is 12.1 Å². The molecular formula is C16H21N3O. The Kier molecular flexibility index (Phi) is 3.85. The van der Waals surface area contributed by atoms with E-state index in [0.717, 1.165) is 17.7 Å². The largest absolute Gasteiger partial charge is 0.392 e. The van der Waals surface area contributed by atoms with Gasteiger partial charge in [-0.15, -0.1) is 0 Å². The SMILES string of the molecule is CC1CCCC(c2cncn2-c2ccc(CO)cc2)N1. The molecule has 2 aromatic rings. The number of aliphatic hydroxyl groups is 1. The number of aliphatic hydroxyl groups excluding tert-OH is 1. The van der Waals surface area contributed by atoms with Crippen molar-refractivity contribution in [2.24, 2.45) is 0 Å². The van der Waals surface area contributed by atoms with E-state index in [2.05, 4.69) is 21.8 Å². The third kappa shape index (κ3) is 2.62. The van der Waals surface area contributed by atoms with Crippen LogP contribution in [0.5, 0.6) is 0 Å². The van der Waals surface area contributed by atoms with Gasteiger partial charge in [-0.3, -0.25) is 0 Å². The van der Waals surface area contributed by atoms with Gasteiger partial charge in [-0.2, -0.15) is 0 Å². The molecule has 3 rings (SSSR count). The molecule has 0 amide bonds. The van der Waals surface area contributed by atoms with Gasteiger partial charge in [0.25, 0.3) is 0 Å². The van der Waals surface area contributed by atoms with Crippen molar-refractivity contribution in [3.8, 4) is 5.69 Å². The molecule has 2 N–H and O–H groups in total. The van der Waals surface area contributed by atoms with Gasteiger partial charge in [0, 0.05) is 17.8 Å². The number of benzene rings is 1. The van der Waals surface area contributed by atoms with Gasteiger partial charge in [0.1, 0.15) is 0 Å². The molecule has 20 heavy (non-hydrogen) atoms. The number of rotatable bonds is 3. The fourth-order valence-electron chi connectivity index (χ4n) is 2.91. The van der Waals surface area contributed by atoms with Crippen molar-refractivity contribution in [2.75, 3.05) is 0 Å². The number of aromatic nitrogens is 2. The zero-order valence-corrected chi connectivity index (χ0v) is 11.8. The average molecular weight is 271 g/mol. The van der Waals surface area contributed by atoms with E-state index in [-0.39, 0.29) is 6.61 Å². The van der Waals surface area contributed by atoms with Gasteiger partial charge in [-0.25, -0.2) is 4.98 Å². The monoisotopic (exact) mass is 271 g/mol. The molecule has 0 radical (unpaired) electrons. The van der Waals surface area contributed by atoms with Crippen LogP contribution in [0.2, 0.25) is 0 Å². The molecule has 4 heteroatoms. The first-order valence-corrected chi connectivity index (χ1v) is 7.26. The van der Waals surface area contributed by atoms with Gasteiger partial charge >= 0.3 is 0 Å². The van der Waals surface area contributed by atoms with Crippen LogP contribution in [0, 0.1) is 0 Å². The maximum atomic E-state index is 9.12. The summed E-state index contributed by atoms with van der Waals surface area (Å²) < 4.78 is 2.14. The molecule has 2 unspecified atom stereocenters. The minimum atomic E-state index is 0.0821. The lowest BCUT2D eigenvalue weighted by atomic mass is 9.97. The van der Waals surface area contributed by atoms with Crippen molar-refractivity contribution in [1.29, 1.82) is 0 Å². The summed E-state index contributed by atoms with van der Waals surface area (Å²) in [4.78, 5) is 4.31. The van der Waals surface area contributed by atoms with Crippen LogP contribution in [0.4, 0.5) is 0 Å². The van der Waals surface area contributed by atoms with Gasteiger partial charge in [0.2, 0.25) is 0 Å². The van der Waals surface area contributed by atoms with E-state index in [1.54, 1.807) is 0 Å². The van der Waals surface area contributed by atoms with Gasteiger partial charge < -0.3 is 15.0 Å². The van der Waals surface area contributed by atoms with Crippen molar-refractivity contribution in [2.45, 2.75) is 44.9 Å². The van der Waals surface area contributed by atoms with E-state index in [0.29, 0.717) is 12.1 Å². The highest BCUT2D eigenvalue weighted by Gasteiger charge is 2.22. The number of nitrogens with one attached hydrogen (secondary N) is 1. The molecule has 0 saturated carbocycles. The van der Waals surface area contributed by atoms with Gasteiger partial charge in [0.15, 0.2) is 0 Å². The lowest BCUT2D eigenvalue weighted by Gasteiger charge is -2.29. The normalized spacial score (nSPS) is 22.9. The minimum Gasteiger partial charge on any atom is -0.392 e. The predicted molar refractivity (Wildman–Crippen MR) is 78.7 cm³/mol.